The normalized spacial score (nSPS) is 18.5. The van der Waals surface area contributed by atoms with Gasteiger partial charge in [-0.2, -0.15) is 0 Å². The molecule has 30 heavy (non-hydrogen) atoms. The summed E-state index contributed by atoms with van der Waals surface area (Å²) in [6.07, 6.45) is 1.61. The van der Waals surface area contributed by atoms with Crippen molar-refractivity contribution in [2.45, 2.75) is 45.2 Å². The number of anilines is 1. The molecule has 2 aliphatic rings. The number of carbonyl (C=O) groups is 4. The minimum Gasteiger partial charge on any atom is -0.427 e. The predicted molar refractivity (Wildman–Crippen MR) is 109 cm³/mol. The summed E-state index contributed by atoms with van der Waals surface area (Å²) in [4.78, 5) is 53.0. The maximum Gasteiger partial charge on any atom is 0.308 e. The number of hydrogen-bond donors (Lipinski definition) is 0. The Labute approximate surface area is 174 Å². The molecule has 7 nitrogen and oxygen atoms in total. The molecule has 1 atom stereocenters. The molecule has 1 heterocycles. The van der Waals surface area contributed by atoms with Crippen LogP contribution < -0.4 is 9.64 Å². The van der Waals surface area contributed by atoms with Crippen LogP contribution in [0.5, 0.6) is 5.75 Å². The minimum absolute atomic E-state index is 0.0230. The second-order valence-corrected chi connectivity index (χ2v) is 7.63. The lowest BCUT2D eigenvalue weighted by molar-refractivity contribution is -0.132. The third-order valence-electron chi connectivity index (χ3n) is 5.37. The maximum atomic E-state index is 13.3. The van der Waals surface area contributed by atoms with Crippen LogP contribution in [-0.4, -0.2) is 40.7 Å². The first-order chi connectivity index (χ1) is 14.4. The van der Waals surface area contributed by atoms with Gasteiger partial charge in [0.15, 0.2) is 0 Å². The number of carbonyl (C=O) groups excluding carboxylic acids is 4. The van der Waals surface area contributed by atoms with Crippen molar-refractivity contribution in [3.8, 4) is 5.75 Å². The number of amides is 3. The first kappa shape index (κ1) is 19.8. The smallest absolute Gasteiger partial charge is 0.308 e. The van der Waals surface area contributed by atoms with Gasteiger partial charge in [-0.3, -0.25) is 19.2 Å². The van der Waals surface area contributed by atoms with E-state index in [9.17, 15) is 19.2 Å². The standard InChI is InChI=1S/C23H22N2O5/c1-14-5-3-4-6-19(14)22(28)24(16-7-8-16)20-13-21(27)25(23(20)29)17-9-11-18(12-10-17)30-15(2)26/h3-6,9-12,16,20H,7-8,13H2,1-2H3. The van der Waals surface area contributed by atoms with Crippen molar-refractivity contribution in [1.29, 1.82) is 0 Å². The molecule has 0 spiro atoms. The lowest BCUT2D eigenvalue weighted by Crippen LogP contribution is -2.47. The van der Waals surface area contributed by atoms with Gasteiger partial charge in [-0.1, -0.05) is 18.2 Å². The predicted octanol–water partition coefficient (Wildman–Crippen LogP) is 2.86. The van der Waals surface area contributed by atoms with E-state index in [1.165, 1.54) is 19.1 Å². The fourth-order valence-electron chi connectivity index (χ4n) is 3.80. The van der Waals surface area contributed by atoms with Gasteiger partial charge in [0, 0.05) is 18.5 Å². The molecule has 1 aliphatic heterocycles. The number of aryl methyl sites for hydroxylation is 1. The van der Waals surface area contributed by atoms with Crippen molar-refractivity contribution in [2.75, 3.05) is 4.90 Å². The number of hydrogen-bond acceptors (Lipinski definition) is 5. The molecule has 1 unspecified atom stereocenters. The molecule has 1 saturated carbocycles. The van der Waals surface area contributed by atoms with Gasteiger partial charge in [-0.15, -0.1) is 0 Å². The summed E-state index contributed by atoms with van der Waals surface area (Å²) >= 11 is 0. The number of rotatable bonds is 5. The second kappa shape index (κ2) is 7.74. The maximum absolute atomic E-state index is 13.3. The average molecular weight is 406 g/mol. The Bertz CT molecular complexity index is 1030. The van der Waals surface area contributed by atoms with Crippen LogP contribution in [0, 0.1) is 6.92 Å². The lowest BCUT2D eigenvalue weighted by atomic mass is 10.1. The SMILES string of the molecule is CC(=O)Oc1ccc(N2C(=O)CC(N(C(=O)c3ccccc3C)C3CC3)C2=O)cc1. The summed E-state index contributed by atoms with van der Waals surface area (Å²) in [6.45, 7) is 3.15. The molecule has 2 fully saturated rings. The van der Waals surface area contributed by atoms with Crippen LogP contribution in [0.25, 0.3) is 0 Å². The number of ether oxygens (including phenoxy) is 1. The van der Waals surface area contributed by atoms with Gasteiger partial charge in [0.2, 0.25) is 5.91 Å². The van der Waals surface area contributed by atoms with Crippen molar-refractivity contribution in [3.63, 3.8) is 0 Å². The highest BCUT2D eigenvalue weighted by molar-refractivity contribution is 6.23. The number of benzene rings is 2. The molecule has 2 aromatic rings. The quantitative estimate of drug-likeness (QED) is 0.433. The Morgan fingerprint density at radius 2 is 1.70 bits per heavy atom. The molecule has 1 aliphatic carbocycles. The van der Waals surface area contributed by atoms with Gasteiger partial charge >= 0.3 is 5.97 Å². The Morgan fingerprint density at radius 1 is 1.03 bits per heavy atom. The summed E-state index contributed by atoms with van der Waals surface area (Å²) in [7, 11) is 0. The monoisotopic (exact) mass is 406 g/mol. The van der Waals surface area contributed by atoms with Crippen molar-refractivity contribution in [3.05, 3.63) is 59.7 Å². The number of esters is 1. The van der Waals surface area contributed by atoms with Gasteiger partial charge in [0.25, 0.3) is 11.8 Å². The first-order valence-electron chi connectivity index (χ1n) is 9.90. The van der Waals surface area contributed by atoms with Crippen LogP contribution in [0.2, 0.25) is 0 Å². The highest BCUT2D eigenvalue weighted by atomic mass is 16.5. The van der Waals surface area contributed by atoms with E-state index in [-0.39, 0.29) is 24.3 Å². The van der Waals surface area contributed by atoms with Gasteiger partial charge < -0.3 is 9.64 Å². The Balaban J connectivity index is 1.60. The molecule has 0 bridgehead atoms. The summed E-state index contributed by atoms with van der Waals surface area (Å²) in [6, 6.07) is 12.6. The van der Waals surface area contributed by atoms with E-state index in [4.69, 9.17) is 4.74 Å². The number of imide groups is 1. The van der Waals surface area contributed by atoms with Crippen molar-refractivity contribution in [2.24, 2.45) is 0 Å². The summed E-state index contributed by atoms with van der Waals surface area (Å²) < 4.78 is 5.00. The van der Waals surface area contributed by atoms with E-state index in [2.05, 4.69) is 0 Å². The van der Waals surface area contributed by atoms with Crippen LogP contribution in [-0.2, 0) is 14.4 Å². The highest BCUT2D eigenvalue weighted by Crippen LogP contribution is 2.35. The minimum atomic E-state index is -0.815. The van der Waals surface area contributed by atoms with Crippen molar-refractivity contribution < 1.29 is 23.9 Å². The molecule has 1 saturated heterocycles. The van der Waals surface area contributed by atoms with E-state index in [1.54, 1.807) is 29.2 Å². The van der Waals surface area contributed by atoms with E-state index in [1.807, 2.05) is 19.1 Å². The summed E-state index contributed by atoms with van der Waals surface area (Å²) in [5.74, 6) is -1.10. The molecule has 0 N–H and O–H groups in total. The molecule has 4 rings (SSSR count). The van der Waals surface area contributed by atoms with Crippen molar-refractivity contribution in [1.82, 2.24) is 4.90 Å². The Morgan fingerprint density at radius 3 is 2.30 bits per heavy atom. The topological polar surface area (TPSA) is 84.0 Å². The van der Waals surface area contributed by atoms with Crippen LogP contribution in [0.15, 0.2) is 48.5 Å². The molecule has 0 aromatic heterocycles. The van der Waals surface area contributed by atoms with Crippen LogP contribution in [0.3, 0.4) is 0 Å². The zero-order chi connectivity index (χ0) is 21.4. The van der Waals surface area contributed by atoms with Gasteiger partial charge in [-0.25, -0.2) is 4.90 Å². The number of nitrogens with zero attached hydrogens (tertiary/aromatic N) is 2. The average Bonchev–Trinajstić information content (AvgIpc) is 3.49. The van der Waals surface area contributed by atoms with E-state index in [0.29, 0.717) is 17.0 Å². The van der Waals surface area contributed by atoms with E-state index >= 15 is 0 Å². The van der Waals surface area contributed by atoms with Gasteiger partial charge in [0.05, 0.1) is 12.1 Å². The van der Waals surface area contributed by atoms with Crippen LogP contribution >= 0.6 is 0 Å². The highest BCUT2D eigenvalue weighted by Gasteiger charge is 2.49. The fraction of sp³-hybridized carbons (Fsp3) is 0.304. The Hall–Kier alpha value is -3.48. The summed E-state index contributed by atoms with van der Waals surface area (Å²) in [5.41, 5.74) is 1.78. The Kier molecular flexibility index (Phi) is 5.11. The van der Waals surface area contributed by atoms with Crippen LogP contribution in [0.1, 0.15) is 42.1 Å². The van der Waals surface area contributed by atoms with Gasteiger partial charge in [0.1, 0.15) is 11.8 Å². The van der Waals surface area contributed by atoms with E-state index < -0.39 is 17.9 Å². The van der Waals surface area contributed by atoms with E-state index in [0.717, 1.165) is 23.3 Å². The van der Waals surface area contributed by atoms with Crippen molar-refractivity contribution >= 4 is 29.4 Å². The van der Waals surface area contributed by atoms with Crippen LogP contribution in [0.4, 0.5) is 5.69 Å². The summed E-state index contributed by atoms with van der Waals surface area (Å²) in [5, 5.41) is 0. The molecular weight excluding hydrogens is 384 g/mol. The fourth-order valence-corrected chi connectivity index (χ4v) is 3.80. The van der Waals surface area contributed by atoms with Gasteiger partial charge in [-0.05, 0) is 55.7 Å². The molecule has 2 aromatic carbocycles. The molecule has 7 heteroatoms. The third-order valence-corrected chi connectivity index (χ3v) is 5.37. The zero-order valence-electron chi connectivity index (χ0n) is 16.8. The molecular formula is C23H22N2O5. The lowest BCUT2D eigenvalue weighted by Gasteiger charge is -2.28. The second-order valence-electron chi connectivity index (χ2n) is 7.63. The molecule has 154 valence electrons. The molecule has 0 radical (unpaired) electrons. The zero-order valence-corrected chi connectivity index (χ0v) is 16.8. The first-order valence-corrected chi connectivity index (χ1v) is 9.90. The largest absolute Gasteiger partial charge is 0.427 e. The molecule has 3 amide bonds. The third kappa shape index (κ3) is 3.70.